The van der Waals surface area contributed by atoms with E-state index in [1.807, 2.05) is 42.2 Å². The predicted octanol–water partition coefficient (Wildman–Crippen LogP) is 2.56. The van der Waals surface area contributed by atoms with Gasteiger partial charge in [0, 0.05) is 25.0 Å². The van der Waals surface area contributed by atoms with Crippen molar-refractivity contribution in [1.29, 1.82) is 0 Å². The van der Waals surface area contributed by atoms with Gasteiger partial charge in [-0.2, -0.15) is 0 Å². The summed E-state index contributed by atoms with van der Waals surface area (Å²) in [6.07, 6.45) is 2.50. The molecule has 27 heavy (non-hydrogen) atoms. The maximum absolute atomic E-state index is 12.9. The maximum atomic E-state index is 12.9. The van der Waals surface area contributed by atoms with E-state index in [2.05, 4.69) is 17.6 Å². The van der Waals surface area contributed by atoms with Crippen LogP contribution in [0.5, 0.6) is 0 Å². The lowest BCUT2D eigenvalue weighted by Gasteiger charge is -2.36. The number of carbonyl (C=O) groups is 2. The smallest absolute Gasteiger partial charge is 0.230 e. The molecule has 2 saturated heterocycles. The van der Waals surface area contributed by atoms with Crippen LogP contribution in [-0.2, 0) is 9.59 Å². The molecule has 0 spiro atoms. The quantitative estimate of drug-likeness (QED) is 0.780. The zero-order valence-electron chi connectivity index (χ0n) is 16.3. The first-order valence-electron chi connectivity index (χ1n) is 9.95. The minimum absolute atomic E-state index is 0. The highest BCUT2D eigenvalue weighted by atomic mass is 35.5. The Kier molecular flexibility index (Phi) is 8.11. The van der Waals surface area contributed by atoms with E-state index in [4.69, 9.17) is 0 Å². The molecule has 2 unspecified atom stereocenters. The van der Waals surface area contributed by atoms with Crippen molar-refractivity contribution in [3.05, 3.63) is 35.9 Å². The van der Waals surface area contributed by atoms with Gasteiger partial charge in [-0.1, -0.05) is 44.2 Å². The Hall–Kier alpha value is -1.59. The van der Waals surface area contributed by atoms with Gasteiger partial charge < -0.3 is 15.5 Å². The van der Waals surface area contributed by atoms with Crippen LogP contribution in [0.1, 0.15) is 44.6 Å². The van der Waals surface area contributed by atoms with Crippen molar-refractivity contribution >= 4 is 24.2 Å². The summed E-state index contributed by atoms with van der Waals surface area (Å²) in [5, 5.41) is 6.42. The van der Waals surface area contributed by atoms with E-state index in [0.29, 0.717) is 5.92 Å². The Labute approximate surface area is 168 Å². The third kappa shape index (κ3) is 5.23. The van der Waals surface area contributed by atoms with Gasteiger partial charge in [0.2, 0.25) is 11.8 Å². The summed E-state index contributed by atoms with van der Waals surface area (Å²) in [6.45, 7) is 7.43. The molecule has 2 aliphatic heterocycles. The van der Waals surface area contributed by atoms with Crippen molar-refractivity contribution in [2.45, 2.75) is 45.1 Å². The molecule has 2 heterocycles. The number of halogens is 1. The van der Waals surface area contributed by atoms with Crippen molar-refractivity contribution in [2.75, 3.05) is 26.2 Å². The molecule has 3 rings (SSSR count). The minimum atomic E-state index is -0.0616. The third-order valence-electron chi connectivity index (χ3n) is 6.00. The number of likely N-dealkylation sites (tertiary alicyclic amines) is 1. The van der Waals surface area contributed by atoms with Crippen molar-refractivity contribution in [3.8, 4) is 0 Å². The average molecular weight is 394 g/mol. The predicted molar refractivity (Wildman–Crippen MR) is 110 cm³/mol. The van der Waals surface area contributed by atoms with Crippen LogP contribution in [0.4, 0.5) is 0 Å². The summed E-state index contributed by atoms with van der Waals surface area (Å²) in [7, 11) is 0. The Morgan fingerprint density at radius 2 is 1.81 bits per heavy atom. The number of amides is 2. The number of rotatable bonds is 6. The van der Waals surface area contributed by atoms with Gasteiger partial charge in [-0.05, 0) is 43.8 Å². The highest BCUT2D eigenvalue weighted by Crippen LogP contribution is 2.24. The Bertz CT molecular complexity index is 613. The van der Waals surface area contributed by atoms with Gasteiger partial charge in [0.15, 0.2) is 0 Å². The molecule has 0 aromatic heterocycles. The number of carbonyl (C=O) groups excluding carboxylic acids is 2. The molecule has 2 atom stereocenters. The molecule has 2 N–H and O–H groups in total. The van der Waals surface area contributed by atoms with Gasteiger partial charge in [-0.25, -0.2) is 0 Å². The molecule has 5 nitrogen and oxygen atoms in total. The maximum Gasteiger partial charge on any atom is 0.230 e. The fourth-order valence-corrected chi connectivity index (χ4v) is 3.91. The fraction of sp³-hybridized carbons (Fsp3) is 0.619. The van der Waals surface area contributed by atoms with Gasteiger partial charge >= 0.3 is 0 Å². The second-order valence-electron chi connectivity index (χ2n) is 7.69. The van der Waals surface area contributed by atoms with Gasteiger partial charge in [0.05, 0.1) is 5.92 Å². The Balaban J connectivity index is 0.00000261. The van der Waals surface area contributed by atoms with Gasteiger partial charge in [0.25, 0.3) is 0 Å². The summed E-state index contributed by atoms with van der Waals surface area (Å²) in [4.78, 5) is 27.3. The molecule has 0 bridgehead atoms. The molecule has 6 heteroatoms. The van der Waals surface area contributed by atoms with Crippen LogP contribution < -0.4 is 10.6 Å². The first-order chi connectivity index (χ1) is 12.6. The summed E-state index contributed by atoms with van der Waals surface area (Å²) in [5.41, 5.74) is 1.10. The largest absolute Gasteiger partial charge is 0.353 e. The molecule has 2 amide bonds. The van der Waals surface area contributed by atoms with E-state index in [9.17, 15) is 9.59 Å². The van der Waals surface area contributed by atoms with Crippen LogP contribution in [0.15, 0.2) is 30.3 Å². The SMILES string of the molecule is CCC(C(=O)N1CCC(NC(=O)C(C)C2CNC2)CC1)c1ccccc1.Cl. The van der Waals surface area contributed by atoms with Crippen LogP contribution >= 0.6 is 12.4 Å². The number of hydrogen-bond donors (Lipinski definition) is 2. The van der Waals surface area contributed by atoms with Crippen molar-refractivity contribution in [1.82, 2.24) is 15.5 Å². The monoisotopic (exact) mass is 393 g/mol. The molecule has 1 aromatic carbocycles. The van der Waals surface area contributed by atoms with E-state index >= 15 is 0 Å². The summed E-state index contributed by atoms with van der Waals surface area (Å²) in [6, 6.07) is 10.2. The summed E-state index contributed by atoms with van der Waals surface area (Å²) in [5.74, 6) is 0.856. The number of nitrogens with zero attached hydrogens (tertiary/aromatic N) is 1. The fourth-order valence-electron chi connectivity index (χ4n) is 3.91. The number of piperidine rings is 1. The molecule has 0 radical (unpaired) electrons. The zero-order valence-corrected chi connectivity index (χ0v) is 17.1. The molecular formula is C21H32ClN3O2. The molecule has 0 saturated carbocycles. The summed E-state index contributed by atoms with van der Waals surface area (Å²) >= 11 is 0. The molecule has 2 fully saturated rings. The standard InChI is InChI=1S/C21H31N3O2.ClH/c1-3-19(16-7-5-4-6-8-16)21(26)24-11-9-18(10-12-24)23-20(25)15(2)17-13-22-14-17;/h4-8,15,17-19,22H,3,9-14H2,1-2H3,(H,23,25);1H. The van der Waals surface area contributed by atoms with Gasteiger partial charge in [0.1, 0.15) is 0 Å². The van der Waals surface area contributed by atoms with E-state index in [0.717, 1.165) is 51.0 Å². The highest BCUT2D eigenvalue weighted by molar-refractivity contribution is 5.85. The van der Waals surface area contributed by atoms with Crippen molar-refractivity contribution in [2.24, 2.45) is 11.8 Å². The zero-order chi connectivity index (χ0) is 18.5. The first kappa shape index (κ1) is 21.7. The summed E-state index contributed by atoms with van der Waals surface area (Å²) < 4.78 is 0. The lowest BCUT2D eigenvalue weighted by Crippen LogP contribution is -2.53. The molecular weight excluding hydrogens is 362 g/mol. The number of hydrogen-bond acceptors (Lipinski definition) is 3. The highest BCUT2D eigenvalue weighted by Gasteiger charge is 2.32. The topological polar surface area (TPSA) is 61.4 Å². The van der Waals surface area contributed by atoms with Gasteiger partial charge in [-0.15, -0.1) is 12.4 Å². The Morgan fingerprint density at radius 3 is 2.33 bits per heavy atom. The molecule has 1 aromatic rings. The minimum Gasteiger partial charge on any atom is -0.353 e. The van der Waals surface area contributed by atoms with Crippen LogP contribution in [0, 0.1) is 11.8 Å². The van der Waals surface area contributed by atoms with E-state index in [-0.39, 0.29) is 42.1 Å². The normalized spacial score (nSPS) is 20.1. The third-order valence-corrected chi connectivity index (χ3v) is 6.00. The van der Waals surface area contributed by atoms with E-state index in [1.54, 1.807) is 0 Å². The molecule has 0 aliphatic carbocycles. The average Bonchev–Trinajstić information content (AvgIpc) is 2.62. The number of nitrogens with one attached hydrogen (secondary N) is 2. The lowest BCUT2D eigenvalue weighted by atomic mass is 9.88. The van der Waals surface area contributed by atoms with Crippen LogP contribution in [0.2, 0.25) is 0 Å². The first-order valence-corrected chi connectivity index (χ1v) is 9.95. The molecule has 150 valence electrons. The molecule has 2 aliphatic rings. The van der Waals surface area contributed by atoms with Crippen molar-refractivity contribution < 1.29 is 9.59 Å². The number of benzene rings is 1. The van der Waals surface area contributed by atoms with Crippen LogP contribution in [0.3, 0.4) is 0 Å². The van der Waals surface area contributed by atoms with Crippen molar-refractivity contribution in [3.63, 3.8) is 0 Å². The second-order valence-corrected chi connectivity index (χ2v) is 7.69. The van der Waals surface area contributed by atoms with E-state index < -0.39 is 0 Å². The van der Waals surface area contributed by atoms with E-state index in [1.165, 1.54) is 0 Å². The van der Waals surface area contributed by atoms with Crippen LogP contribution in [0.25, 0.3) is 0 Å². The van der Waals surface area contributed by atoms with Gasteiger partial charge in [-0.3, -0.25) is 9.59 Å². The van der Waals surface area contributed by atoms with Crippen LogP contribution in [-0.4, -0.2) is 48.9 Å². The second kappa shape index (κ2) is 10.1. The Morgan fingerprint density at radius 1 is 1.19 bits per heavy atom. The lowest BCUT2D eigenvalue weighted by molar-refractivity contribution is -0.134.